The van der Waals surface area contributed by atoms with Crippen LogP contribution in [0.4, 0.5) is 0 Å². The van der Waals surface area contributed by atoms with Gasteiger partial charge in [-0.1, -0.05) is 6.92 Å². The minimum absolute atomic E-state index is 0.0259. The van der Waals surface area contributed by atoms with E-state index in [9.17, 15) is 9.59 Å². The molecule has 2 heterocycles. The van der Waals surface area contributed by atoms with Crippen molar-refractivity contribution in [1.82, 2.24) is 9.47 Å². The summed E-state index contributed by atoms with van der Waals surface area (Å²) in [5.41, 5.74) is 1.59. The van der Waals surface area contributed by atoms with Crippen LogP contribution in [-0.4, -0.2) is 54.3 Å². The first-order chi connectivity index (χ1) is 13.1. The number of amides is 1. The van der Waals surface area contributed by atoms with Crippen molar-refractivity contribution < 1.29 is 19.1 Å². The molecule has 1 aliphatic heterocycles. The van der Waals surface area contributed by atoms with Crippen molar-refractivity contribution in [1.29, 1.82) is 0 Å². The van der Waals surface area contributed by atoms with Gasteiger partial charge in [-0.25, -0.2) is 0 Å². The number of benzene rings is 1. The van der Waals surface area contributed by atoms with Gasteiger partial charge in [0, 0.05) is 43.3 Å². The summed E-state index contributed by atoms with van der Waals surface area (Å²) in [4.78, 5) is 26.6. The fourth-order valence-corrected chi connectivity index (χ4v) is 3.35. The lowest BCUT2D eigenvalue weighted by Crippen LogP contribution is -2.41. The van der Waals surface area contributed by atoms with E-state index in [2.05, 4.69) is 0 Å². The van der Waals surface area contributed by atoms with Crippen molar-refractivity contribution in [3.63, 3.8) is 0 Å². The summed E-state index contributed by atoms with van der Waals surface area (Å²) in [6.07, 6.45) is 5.88. The second-order valence-electron chi connectivity index (χ2n) is 6.91. The number of aromatic nitrogens is 1. The molecule has 2 unspecified atom stereocenters. The summed E-state index contributed by atoms with van der Waals surface area (Å²) in [7, 11) is 1.37. The van der Waals surface area contributed by atoms with E-state index in [1.54, 1.807) is 11.8 Å². The Morgan fingerprint density at radius 3 is 2.56 bits per heavy atom. The zero-order chi connectivity index (χ0) is 19.2. The molecule has 0 N–H and O–H groups in total. The van der Waals surface area contributed by atoms with Crippen molar-refractivity contribution in [2.75, 3.05) is 26.8 Å². The van der Waals surface area contributed by atoms with E-state index >= 15 is 0 Å². The third-order valence-corrected chi connectivity index (χ3v) is 4.85. The van der Waals surface area contributed by atoms with Crippen molar-refractivity contribution in [2.24, 2.45) is 5.92 Å². The monoisotopic (exact) mass is 370 g/mol. The minimum atomic E-state index is -0.389. The largest absolute Gasteiger partial charge is 0.469 e. The number of nitrogens with zero attached hydrogens (tertiary/aromatic N) is 2. The third-order valence-electron chi connectivity index (χ3n) is 4.85. The Hall–Kier alpha value is -2.60. The predicted octanol–water partition coefficient (Wildman–Crippen LogP) is 2.91. The highest BCUT2D eigenvalue weighted by molar-refractivity contribution is 5.94. The highest BCUT2D eigenvalue weighted by Gasteiger charge is 2.27. The van der Waals surface area contributed by atoms with Crippen molar-refractivity contribution >= 4 is 11.9 Å². The Morgan fingerprint density at radius 1 is 1.26 bits per heavy atom. The molecule has 1 aromatic heterocycles. The van der Waals surface area contributed by atoms with Gasteiger partial charge < -0.3 is 18.9 Å². The molecule has 27 heavy (non-hydrogen) atoms. The predicted molar refractivity (Wildman–Crippen MR) is 102 cm³/mol. The smallest absolute Gasteiger partial charge is 0.310 e. The van der Waals surface area contributed by atoms with Crippen LogP contribution >= 0.6 is 0 Å². The number of rotatable bonds is 7. The van der Waals surface area contributed by atoms with E-state index < -0.39 is 0 Å². The summed E-state index contributed by atoms with van der Waals surface area (Å²) in [5, 5.41) is 0. The van der Waals surface area contributed by atoms with Crippen LogP contribution in [0.2, 0.25) is 0 Å². The molecule has 144 valence electrons. The van der Waals surface area contributed by atoms with Crippen LogP contribution in [0.3, 0.4) is 0 Å². The number of hydrogen-bond acceptors (Lipinski definition) is 4. The fraction of sp³-hybridized carbons (Fsp3) is 0.429. The summed E-state index contributed by atoms with van der Waals surface area (Å²) >= 11 is 0. The minimum Gasteiger partial charge on any atom is -0.469 e. The first-order valence-electron chi connectivity index (χ1n) is 9.30. The molecule has 0 bridgehead atoms. The molecule has 2 aromatic rings. The number of ether oxygens (including phenoxy) is 2. The molecule has 1 fully saturated rings. The molecule has 0 spiro atoms. The lowest BCUT2D eigenvalue weighted by molar-refractivity contribution is -0.145. The summed E-state index contributed by atoms with van der Waals surface area (Å²) in [6.45, 7) is 3.30. The van der Waals surface area contributed by atoms with Crippen LogP contribution in [-0.2, 0) is 14.3 Å². The second-order valence-corrected chi connectivity index (χ2v) is 6.91. The number of carbonyl (C=O) groups is 2. The molecule has 2 atom stereocenters. The number of esters is 1. The quantitative estimate of drug-likeness (QED) is 0.703. The van der Waals surface area contributed by atoms with E-state index in [4.69, 9.17) is 9.47 Å². The van der Waals surface area contributed by atoms with E-state index in [0.29, 0.717) is 18.7 Å². The van der Waals surface area contributed by atoms with Crippen molar-refractivity contribution in [3.05, 3.63) is 54.4 Å². The van der Waals surface area contributed by atoms with Gasteiger partial charge in [0.15, 0.2) is 0 Å². The van der Waals surface area contributed by atoms with Crippen molar-refractivity contribution in [2.45, 2.75) is 25.9 Å². The fourth-order valence-electron chi connectivity index (χ4n) is 3.35. The molecule has 0 radical (unpaired) electrons. The maximum absolute atomic E-state index is 13.1. The van der Waals surface area contributed by atoms with E-state index in [1.807, 2.05) is 53.4 Å². The molecule has 6 heteroatoms. The van der Waals surface area contributed by atoms with Crippen LogP contribution in [0.25, 0.3) is 5.69 Å². The molecule has 1 aliphatic rings. The highest BCUT2D eigenvalue weighted by Crippen LogP contribution is 2.18. The number of carbonyl (C=O) groups excluding carboxylic acids is 2. The SMILES string of the molecule is COC(=O)C(C)CN(CC1CCCO1)C(=O)c1ccc(-n2cccc2)cc1. The van der Waals surface area contributed by atoms with Gasteiger partial charge in [0.05, 0.1) is 19.1 Å². The van der Waals surface area contributed by atoms with E-state index in [1.165, 1.54) is 7.11 Å². The van der Waals surface area contributed by atoms with Crippen LogP contribution in [0.15, 0.2) is 48.8 Å². The van der Waals surface area contributed by atoms with Gasteiger partial charge in [0.25, 0.3) is 5.91 Å². The summed E-state index contributed by atoms with van der Waals surface area (Å²) in [5.74, 6) is -0.803. The first-order valence-corrected chi connectivity index (χ1v) is 9.30. The van der Waals surface area contributed by atoms with Crippen LogP contribution in [0.5, 0.6) is 0 Å². The molecule has 0 aliphatic carbocycles. The van der Waals surface area contributed by atoms with Crippen LogP contribution < -0.4 is 0 Å². The van der Waals surface area contributed by atoms with Crippen molar-refractivity contribution in [3.8, 4) is 5.69 Å². The average molecular weight is 370 g/mol. The Balaban J connectivity index is 1.75. The van der Waals surface area contributed by atoms with Gasteiger partial charge in [0.2, 0.25) is 0 Å². The standard InChI is InChI=1S/C21H26N2O4/c1-16(21(25)26-2)14-23(15-19-6-5-13-27-19)20(24)17-7-9-18(10-8-17)22-11-3-4-12-22/h3-4,7-12,16,19H,5-6,13-15H2,1-2H3. The van der Waals surface area contributed by atoms with Gasteiger partial charge in [0.1, 0.15) is 0 Å². The maximum Gasteiger partial charge on any atom is 0.310 e. The van der Waals surface area contributed by atoms with Gasteiger partial charge in [-0.3, -0.25) is 9.59 Å². The maximum atomic E-state index is 13.1. The number of hydrogen-bond donors (Lipinski definition) is 0. The normalized spacial score (nSPS) is 17.5. The molecule has 6 nitrogen and oxygen atoms in total. The average Bonchev–Trinajstić information content (AvgIpc) is 3.40. The molecule has 1 amide bonds. The summed E-state index contributed by atoms with van der Waals surface area (Å²) < 4.78 is 12.5. The highest BCUT2D eigenvalue weighted by atomic mass is 16.5. The van der Waals surface area contributed by atoms with Gasteiger partial charge >= 0.3 is 5.97 Å². The van der Waals surface area contributed by atoms with Gasteiger partial charge in [-0.2, -0.15) is 0 Å². The van der Waals surface area contributed by atoms with E-state index in [0.717, 1.165) is 25.1 Å². The molecule has 3 rings (SSSR count). The van der Waals surface area contributed by atoms with Gasteiger partial charge in [-0.15, -0.1) is 0 Å². The zero-order valence-corrected chi connectivity index (χ0v) is 15.8. The Bertz CT molecular complexity index is 749. The third kappa shape index (κ3) is 4.77. The number of methoxy groups -OCH3 is 1. The lowest BCUT2D eigenvalue weighted by atomic mass is 10.1. The van der Waals surface area contributed by atoms with Crippen LogP contribution in [0, 0.1) is 5.92 Å². The Morgan fingerprint density at radius 2 is 1.96 bits per heavy atom. The van der Waals surface area contributed by atoms with Crippen LogP contribution in [0.1, 0.15) is 30.1 Å². The van der Waals surface area contributed by atoms with Gasteiger partial charge in [-0.05, 0) is 49.2 Å². The Kier molecular flexibility index (Phi) is 6.29. The molecule has 1 saturated heterocycles. The van der Waals surface area contributed by atoms with E-state index in [-0.39, 0.29) is 23.9 Å². The molecule has 1 aromatic carbocycles. The first kappa shape index (κ1) is 19.2. The topological polar surface area (TPSA) is 60.8 Å². The second kappa shape index (κ2) is 8.86. The Labute approximate surface area is 159 Å². The molecular weight excluding hydrogens is 344 g/mol. The molecular formula is C21H26N2O4. The zero-order valence-electron chi connectivity index (χ0n) is 15.8. The summed E-state index contributed by atoms with van der Waals surface area (Å²) in [6, 6.07) is 11.4. The molecule has 0 saturated carbocycles. The lowest BCUT2D eigenvalue weighted by Gasteiger charge is -2.27.